The van der Waals surface area contributed by atoms with E-state index in [9.17, 15) is 13.0 Å². The fourth-order valence-electron chi connectivity index (χ4n) is 4.67. The summed E-state index contributed by atoms with van der Waals surface area (Å²) in [6.07, 6.45) is 17.3. The van der Waals surface area contributed by atoms with Gasteiger partial charge in [-0.25, -0.2) is 9.97 Å². The molecule has 1 aromatic carbocycles. The number of fused-ring (bicyclic) bond motifs is 1. The first-order valence-corrected chi connectivity index (χ1v) is 16.0. The Bertz CT molecular complexity index is 1200. The predicted molar refractivity (Wildman–Crippen MR) is 152 cm³/mol. The standard InChI is InChI=1S/C27H41N5O3S2/c1-2-3-4-5-6-7-8-9-10-11-12-13-14-15-20-23(37(33,34)35)25-29-22-19-17-16-18-21(22)24(30-25)26-31-32-27(28)36-26/h16-19,23H,2-15,20H2,1H3,(H2,28,32)(H,33,34,35). The average Bonchev–Trinajstić information content (AvgIpc) is 3.31. The summed E-state index contributed by atoms with van der Waals surface area (Å²) in [6.45, 7) is 2.25. The van der Waals surface area contributed by atoms with E-state index in [1.54, 1.807) is 6.07 Å². The number of para-hydroxylation sites is 1. The summed E-state index contributed by atoms with van der Waals surface area (Å²) < 4.78 is 34.6. The van der Waals surface area contributed by atoms with Crippen LogP contribution in [0.1, 0.15) is 114 Å². The molecule has 1 atom stereocenters. The molecule has 37 heavy (non-hydrogen) atoms. The molecule has 204 valence electrons. The van der Waals surface area contributed by atoms with E-state index in [-0.39, 0.29) is 12.2 Å². The van der Waals surface area contributed by atoms with Gasteiger partial charge >= 0.3 is 0 Å². The highest BCUT2D eigenvalue weighted by molar-refractivity contribution is 7.86. The largest absolute Gasteiger partial charge is 0.374 e. The van der Waals surface area contributed by atoms with Gasteiger partial charge in [0.2, 0.25) is 5.13 Å². The highest BCUT2D eigenvalue weighted by Gasteiger charge is 2.29. The fourth-order valence-corrected chi connectivity index (χ4v) is 6.12. The Morgan fingerprint density at radius 1 is 0.838 bits per heavy atom. The van der Waals surface area contributed by atoms with E-state index in [4.69, 9.17) is 5.73 Å². The number of nitrogens with zero attached hydrogens (tertiary/aromatic N) is 4. The van der Waals surface area contributed by atoms with Crippen LogP contribution in [0.2, 0.25) is 0 Å². The first kappa shape index (κ1) is 29.4. The lowest BCUT2D eigenvalue weighted by Crippen LogP contribution is -2.16. The van der Waals surface area contributed by atoms with Crippen molar-refractivity contribution in [2.45, 2.75) is 108 Å². The quantitative estimate of drug-likeness (QED) is 0.123. The Morgan fingerprint density at radius 2 is 1.41 bits per heavy atom. The molecule has 0 bridgehead atoms. The Labute approximate surface area is 225 Å². The van der Waals surface area contributed by atoms with Crippen LogP contribution in [0, 0.1) is 0 Å². The highest BCUT2D eigenvalue weighted by atomic mass is 32.2. The lowest BCUT2D eigenvalue weighted by Gasteiger charge is -2.14. The van der Waals surface area contributed by atoms with Gasteiger partial charge in [-0.2, -0.15) is 8.42 Å². The average molecular weight is 548 g/mol. The van der Waals surface area contributed by atoms with E-state index < -0.39 is 15.4 Å². The topological polar surface area (TPSA) is 132 Å². The van der Waals surface area contributed by atoms with Gasteiger partial charge in [-0.1, -0.05) is 126 Å². The Kier molecular flexibility index (Phi) is 12.1. The van der Waals surface area contributed by atoms with Crippen LogP contribution < -0.4 is 5.73 Å². The summed E-state index contributed by atoms with van der Waals surface area (Å²) in [5.41, 5.74) is 6.82. The van der Waals surface area contributed by atoms with Crippen molar-refractivity contribution in [1.82, 2.24) is 20.2 Å². The molecule has 3 rings (SSSR count). The smallest absolute Gasteiger partial charge is 0.275 e. The number of nitrogen functional groups attached to an aromatic ring is 1. The van der Waals surface area contributed by atoms with Crippen molar-refractivity contribution in [3.05, 3.63) is 30.1 Å². The van der Waals surface area contributed by atoms with Gasteiger partial charge in [0.05, 0.1) is 5.52 Å². The van der Waals surface area contributed by atoms with Crippen LogP contribution in [0.4, 0.5) is 5.13 Å². The lowest BCUT2D eigenvalue weighted by molar-refractivity contribution is 0.454. The third-order valence-electron chi connectivity index (χ3n) is 6.73. The Hall–Kier alpha value is -2.17. The summed E-state index contributed by atoms with van der Waals surface area (Å²) in [7, 11) is -4.38. The fraction of sp³-hybridized carbons (Fsp3) is 0.630. The minimum atomic E-state index is -4.38. The van der Waals surface area contributed by atoms with Crippen LogP contribution in [-0.4, -0.2) is 33.1 Å². The SMILES string of the molecule is CCCCCCCCCCCCCCCCC(c1nc(-c2nnc(N)s2)c2ccccc2n1)S(=O)(=O)O. The maximum Gasteiger partial charge on any atom is 0.275 e. The monoisotopic (exact) mass is 547 g/mol. The number of nitrogens with two attached hydrogens (primary N) is 1. The van der Waals surface area contributed by atoms with Crippen LogP contribution in [0.5, 0.6) is 0 Å². The number of benzene rings is 1. The molecule has 10 heteroatoms. The Balaban J connectivity index is 1.49. The number of unbranched alkanes of at least 4 members (excludes halogenated alkanes) is 13. The van der Waals surface area contributed by atoms with Crippen molar-refractivity contribution >= 4 is 37.5 Å². The van der Waals surface area contributed by atoms with Crippen molar-refractivity contribution in [1.29, 1.82) is 0 Å². The normalized spacial score (nSPS) is 12.8. The van der Waals surface area contributed by atoms with Crippen molar-refractivity contribution in [3.63, 3.8) is 0 Å². The molecule has 2 heterocycles. The molecule has 0 aliphatic heterocycles. The first-order chi connectivity index (χ1) is 17.9. The van der Waals surface area contributed by atoms with Crippen LogP contribution >= 0.6 is 11.3 Å². The van der Waals surface area contributed by atoms with Gasteiger partial charge in [-0.3, -0.25) is 4.55 Å². The van der Waals surface area contributed by atoms with Gasteiger partial charge < -0.3 is 5.73 Å². The van der Waals surface area contributed by atoms with Crippen LogP contribution in [0.15, 0.2) is 24.3 Å². The molecule has 3 aromatic rings. The molecular weight excluding hydrogens is 506 g/mol. The van der Waals surface area contributed by atoms with Crippen LogP contribution in [0.3, 0.4) is 0 Å². The summed E-state index contributed by atoms with van der Waals surface area (Å²) in [4.78, 5) is 9.03. The molecule has 8 nitrogen and oxygen atoms in total. The van der Waals surface area contributed by atoms with Crippen molar-refractivity contribution in [3.8, 4) is 10.7 Å². The second kappa shape index (κ2) is 15.3. The van der Waals surface area contributed by atoms with Gasteiger partial charge in [0.15, 0.2) is 5.01 Å². The molecule has 0 saturated carbocycles. The van der Waals surface area contributed by atoms with E-state index in [0.717, 1.165) is 24.6 Å². The molecule has 0 spiro atoms. The molecule has 0 saturated heterocycles. The summed E-state index contributed by atoms with van der Waals surface area (Å²) in [6, 6.07) is 7.33. The molecular formula is C27H41N5O3S2. The third-order valence-corrected chi connectivity index (χ3v) is 8.66. The lowest BCUT2D eigenvalue weighted by atomic mass is 10.0. The van der Waals surface area contributed by atoms with Crippen molar-refractivity contribution < 1.29 is 13.0 Å². The van der Waals surface area contributed by atoms with E-state index in [2.05, 4.69) is 27.1 Å². The number of rotatable bonds is 18. The van der Waals surface area contributed by atoms with Crippen molar-refractivity contribution in [2.75, 3.05) is 5.73 Å². The predicted octanol–water partition coefficient (Wildman–Crippen LogP) is 7.53. The molecule has 3 N–H and O–H groups in total. The number of hydrogen-bond acceptors (Lipinski definition) is 8. The number of hydrogen-bond donors (Lipinski definition) is 2. The molecule has 0 aliphatic rings. The molecule has 0 fully saturated rings. The maximum absolute atomic E-state index is 12.3. The van der Waals surface area contributed by atoms with Gasteiger partial charge in [-0.05, 0) is 12.5 Å². The molecule has 2 aromatic heterocycles. The minimum absolute atomic E-state index is 0.0830. The van der Waals surface area contributed by atoms with Gasteiger partial charge in [0, 0.05) is 5.39 Å². The van der Waals surface area contributed by atoms with Gasteiger partial charge in [0.1, 0.15) is 16.8 Å². The third kappa shape index (κ3) is 9.57. The van der Waals surface area contributed by atoms with Gasteiger partial charge in [-0.15, -0.1) is 10.2 Å². The van der Waals surface area contributed by atoms with Crippen LogP contribution in [-0.2, 0) is 10.1 Å². The first-order valence-electron chi connectivity index (χ1n) is 13.7. The minimum Gasteiger partial charge on any atom is -0.374 e. The van der Waals surface area contributed by atoms with Crippen LogP contribution in [0.25, 0.3) is 21.6 Å². The van der Waals surface area contributed by atoms with E-state index in [0.29, 0.717) is 27.8 Å². The summed E-state index contributed by atoms with van der Waals surface area (Å²) in [5.74, 6) is 0.0830. The number of aromatic nitrogens is 4. The van der Waals surface area contributed by atoms with E-state index >= 15 is 0 Å². The molecule has 1 unspecified atom stereocenters. The molecule has 0 amide bonds. The highest BCUT2D eigenvalue weighted by Crippen LogP contribution is 2.33. The summed E-state index contributed by atoms with van der Waals surface area (Å²) >= 11 is 1.18. The summed E-state index contributed by atoms with van der Waals surface area (Å²) in [5, 5.41) is 8.28. The van der Waals surface area contributed by atoms with Gasteiger partial charge in [0.25, 0.3) is 10.1 Å². The van der Waals surface area contributed by atoms with E-state index in [1.807, 2.05) is 18.2 Å². The second-order valence-electron chi connectivity index (χ2n) is 9.78. The van der Waals surface area contributed by atoms with Crippen molar-refractivity contribution in [2.24, 2.45) is 0 Å². The zero-order valence-electron chi connectivity index (χ0n) is 21.9. The second-order valence-corrected chi connectivity index (χ2v) is 12.4. The maximum atomic E-state index is 12.3. The molecule has 0 aliphatic carbocycles. The zero-order valence-corrected chi connectivity index (χ0v) is 23.6. The number of anilines is 1. The zero-order chi connectivity index (χ0) is 26.5. The van der Waals surface area contributed by atoms with E-state index in [1.165, 1.54) is 75.5 Å². The Morgan fingerprint density at radius 3 is 1.95 bits per heavy atom. The molecule has 0 radical (unpaired) electrons.